The van der Waals surface area contributed by atoms with Crippen LogP contribution in [0.1, 0.15) is 0 Å². The van der Waals surface area contributed by atoms with Gasteiger partial charge in [-0.2, -0.15) is 0 Å². The fourth-order valence-electron chi connectivity index (χ4n) is 2.41. The van der Waals surface area contributed by atoms with Gasteiger partial charge < -0.3 is 5.32 Å². The molecule has 3 aromatic carbocycles. The summed E-state index contributed by atoms with van der Waals surface area (Å²) < 4.78 is 0.449. The van der Waals surface area contributed by atoms with Crippen molar-refractivity contribution in [2.45, 2.75) is 0 Å². The third-order valence-corrected chi connectivity index (χ3v) is 4.09. The molecule has 0 spiro atoms. The number of nitrogens with one attached hydrogen (secondary N) is 1. The van der Waals surface area contributed by atoms with Gasteiger partial charge in [0.25, 0.3) is 0 Å². The molecule has 0 amide bonds. The van der Waals surface area contributed by atoms with Gasteiger partial charge in [0.15, 0.2) is 0 Å². The van der Waals surface area contributed by atoms with E-state index < -0.39 is 4.92 Å². The molecule has 0 unspecified atom stereocenters. The van der Waals surface area contributed by atoms with Crippen LogP contribution in [0.4, 0.5) is 17.1 Å². The van der Waals surface area contributed by atoms with E-state index in [4.69, 9.17) is 0 Å². The molecule has 0 radical (unpaired) electrons. The highest BCUT2D eigenvalue weighted by molar-refractivity contribution is 9.10. The smallest absolute Gasteiger partial charge is 0.306 e. The first-order valence-corrected chi connectivity index (χ1v) is 7.80. The van der Waals surface area contributed by atoms with Crippen molar-refractivity contribution in [3.8, 4) is 11.1 Å². The molecule has 1 N–H and O–H groups in total. The number of nitro groups is 1. The number of hydrogen-bond acceptors (Lipinski definition) is 3. The summed E-state index contributed by atoms with van der Waals surface area (Å²) in [5.74, 6) is 0. The van der Waals surface area contributed by atoms with E-state index in [1.54, 1.807) is 18.2 Å². The molecule has 0 fully saturated rings. The van der Waals surface area contributed by atoms with Gasteiger partial charge in [0.05, 0.1) is 9.40 Å². The second-order valence-electron chi connectivity index (χ2n) is 4.93. The van der Waals surface area contributed by atoms with Crippen LogP contribution in [0.5, 0.6) is 0 Å². The summed E-state index contributed by atoms with van der Waals surface area (Å²) >= 11 is 3.24. The van der Waals surface area contributed by atoms with E-state index in [0.29, 0.717) is 10.2 Å². The van der Waals surface area contributed by atoms with Crippen LogP contribution in [0.3, 0.4) is 0 Å². The topological polar surface area (TPSA) is 55.2 Å². The van der Waals surface area contributed by atoms with Gasteiger partial charge in [-0.05, 0) is 39.7 Å². The molecule has 5 heteroatoms. The third-order valence-electron chi connectivity index (χ3n) is 3.45. The van der Waals surface area contributed by atoms with Crippen molar-refractivity contribution in [3.63, 3.8) is 0 Å². The Morgan fingerprint density at radius 2 is 1.48 bits per heavy atom. The summed E-state index contributed by atoms with van der Waals surface area (Å²) in [7, 11) is 0. The van der Waals surface area contributed by atoms with Crippen LogP contribution in [-0.2, 0) is 0 Å². The largest absolute Gasteiger partial charge is 0.349 e. The van der Waals surface area contributed by atoms with Crippen molar-refractivity contribution in [2.24, 2.45) is 0 Å². The third kappa shape index (κ3) is 3.24. The molecule has 0 aliphatic rings. The molecule has 23 heavy (non-hydrogen) atoms. The van der Waals surface area contributed by atoms with Crippen LogP contribution in [0.25, 0.3) is 11.1 Å². The van der Waals surface area contributed by atoms with E-state index in [-0.39, 0.29) is 5.69 Å². The maximum atomic E-state index is 11.3. The van der Waals surface area contributed by atoms with E-state index in [0.717, 1.165) is 16.8 Å². The van der Waals surface area contributed by atoms with Crippen LogP contribution in [0.15, 0.2) is 77.3 Å². The van der Waals surface area contributed by atoms with E-state index in [1.807, 2.05) is 54.6 Å². The second-order valence-corrected chi connectivity index (χ2v) is 5.78. The summed E-state index contributed by atoms with van der Waals surface area (Å²) in [6.45, 7) is 0. The lowest BCUT2D eigenvalue weighted by Gasteiger charge is -2.13. The van der Waals surface area contributed by atoms with Crippen molar-refractivity contribution in [1.29, 1.82) is 0 Å². The molecule has 0 saturated heterocycles. The quantitative estimate of drug-likeness (QED) is 0.469. The van der Waals surface area contributed by atoms with Crippen molar-refractivity contribution in [3.05, 3.63) is 87.4 Å². The predicted octanol–water partition coefficient (Wildman–Crippen LogP) is 5.77. The Hall–Kier alpha value is -2.66. The fourth-order valence-corrected chi connectivity index (χ4v) is 2.92. The van der Waals surface area contributed by atoms with Gasteiger partial charge in [0.1, 0.15) is 5.69 Å². The minimum Gasteiger partial charge on any atom is -0.349 e. The van der Waals surface area contributed by atoms with Gasteiger partial charge in [-0.25, -0.2) is 0 Å². The number of nitrogens with zero attached hydrogens (tertiary/aromatic N) is 1. The van der Waals surface area contributed by atoms with Crippen molar-refractivity contribution < 1.29 is 4.92 Å². The first-order valence-electron chi connectivity index (χ1n) is 7.01. The zero-order valence-electron chi connectivity index (χ0n) is 12.1. The number of anilines is 2. The molecule has 0 atom stereocenters. The molecule has 4 nitrogen and oxygen atoms in total. The number of nitro benzene ring substituents is 1. The summed E-state index contributed by atoms with van der Waals surface area (Å²) in [5.41, 5.74) is 3.33. The van der Waals surface area contributed by atoms with Gasteiger partial charge >= 0.3 is 5.69 Å². The normalized spacial score (nSPS) is 10.3. The van der Waals surface area contributed by atoms with Crippen molar-refractivity contribution in [1.82, 2.24) is 0 Å². The zero-order valence-corrected chi connectivity index (χ0v) is 13.7. The van der Waals surface area contributed by atoms with E-state index in [2.05, 4.69) is 21.2 Å². The van der Waals surface area contributed by atoms with Gasteiger partial charge in [-0.1, -0.05) is 54.6 Å². The maximum absolute atomic E-state index is 11.3. The predicted molar refractivity (Wildman–Crippen MR) is 96.0 cm³/mol. The average molecular weight is 369 g/mol. The maximum Gasteiger partial charge on any atom is 0.306 e. The van der Waals surface area contributed by atoms with Crippen LogP contribution in [0.2, 0.25) is 0 Å². The Morgan fingerprint density at radius 1 is 0.826 bits per heavy atom. The van der Waals surface area contributed by atoms with E-state index in [1.165, 1.54) is 0 Å². The molecule has 0 bridgehead atoms. The Morgan fingerprint density at radius 3 is 2.22 bits per heavy atom. The van der Waals surface area contributed by atoms with Crippen LogP contribution < -0.4 is 5.32 Å². The molecular weight excluding hydrogens is 356 g/mol. The monoisotopic (exact) mass is 368 g/mol. The summed E-state index contributed by atoms with van der Waals surface area (Å²) in [6.07, 6.45) is 0. The highest BCUT2D eigenvalue weighted by Gasteiger charge is 2.18. The Bertz CT molecular complexity index is 851. The highest BCUT2D eigenvalue weighted by Crippen LogP contribution is 2.37. The van der Waals surface area contributed by atoms with Gasteiger partial charge in [0.2, 0.25) is 0 Å². The molecule has 3 rings (SSSR count). The van der Waals surface area contributed by atoms with Gasteiger partial charge in [-0.3, -0.25) is 10.1 Å². The standard InChI is InChI=1S/C18H13BrN2O2/c19-15-10-6-12-17(18(15)21(22)23)20-16-11-5-4-9-14(16)13-7-2-1-3-8-13/h1-12,20H. The summed E-state index contributed by atoms with van der Waals surface area (Å²) in [6, 6.07) is 22.8. The SMILES string of the molecule is O=[N+]([O-])c1c(Br)cccc1Nc1ccccc1-c1ccccc1. The van der Waals surface area contributed by atoms with Crippen LogP contribution >= 0.6 is 15.9 Å². The molecule has 0 heterocycles. The number of para-hydroxylation sites is 2. The molecule has 0 saturated carbocycles. The molecule has 0 aliphatic heterocycles. The lowest BCUT2D eigenvalue weighted by molar-refractivity contribution is -0.384. The Labute approximate surface area is 142 Å². The molecule has 114 valence electrons. The number of hydrogen-bond donors (Lipinski definition) is 1. The number of benzene rings is 3. The van der Waals surface area contributed by atoms with Crippen molar-refractivity contribution >= 4 is 33.0 Å². The first-order chi connectivity index (χ1) is 11.2. The molecule has 3 aromatic rings. The fraction of sp³-hybridized carbons (Fsp3) is 0. The highest BCUT2D eigenvalue weighted by atomic mass is 79.9. The first kappa shape index (κ1) is 15.2. The summed E-state index contributed by atoms with van der Waals surface area (Å²) in [5, 5.41) is 14.5. The summed E-state index contributed by atoms with van der Waals surface area (Å²) in [4.78, 5) is 10.9. The zero-order chi connectivity index (χ0) is 16.2. The van der Waals surface area contributed by atoms with Gasteiger partial charge in [-0.15, -0.1) is 0 Å². The average Bonchev–Trinajstić information content (AvgIpc) is 2.56. The second kappa shape index (κ2) is 6.62. The van der Waals surface area contributed by atoms with Crippen molar-refractivity contribution in [2.75, 3.05) is 5.32 Å². The van der Waals surface area contributed by atoms with Crippen LogP contribution in [-0.4, -0.2) is 4.92 Å². The Kier molecular flexibility index (Phi) is 4.39. The van der Waals surface area contributed by atoms with Gasteiger partial charge in [0, 0.05) is 11.3 Å². The van der Waals surface area contributed by atoms with Crippen LogP contribution in [0, 0.1) is 10.1 Å². The molecular formula is C18H13BrN2O2. The minimum atomic E-state index is -0.391. The van der Waals surface area contributed by atoms with E-state index in [9.17, 15) is 10.1 Å². The number of halogens is 1. The molecule has 0 aliphatic carbocycles. The number of rotatable bonds is 4. The minimum absolute atomic E-state index is 0.0235. The lowest BCUT2D eigenvalue weighted by atomic mass is 10.0. The molecule has 0 aromatic heterocycles. The lowest BCUT2D eigenvalue weighted by Crippen LogP contribution is -1.99. The Balaban J connectivity index is 2.06. The van der Waals surface area contributed by atoms with E-state index >= 15 is 0 Å².